The lowest BCUT2D eigenvalue weighted by atomic mass is 10.1. The van der Waals surface area contributed by atoms with Crippen molar-refractivity contribution >= 4 is 11.8 Å². The summed E-state index contributed by atoms with van der Waals surface area (Å²) in [5.74, 6) is -0.320. The molecule has 28 heavy (non-hydrogen) atoms. The van der Waals surface area contributed by atoms with Crippen LogP contribution in [0.1, 0.15) is 21.5 Å². The van der Waals surface area contributed by atoms with Crippen LogP contribution in [0.4, 0.5) is 0 Å². The van der Waals surface area contributed by atoms with Gasteiger partial charge in [-0.3, -0.25) is 9.59 Å². The molecule has 0 atom stereocenters. The molecule has 4 heteroatoms. The van der Waals surface area contributed by atoms with Gasteiger partial charge in [-0.05, 0) is 29.3 Å². The lowest BCUT2D eigenvalue weighted by Gasteiger charge is -2.09. The van der Waals surface area contributed by atoms with Crippen molar-refractivity contribution in [1.29, 1.82) is 0 Å². The van der Waals surface area contributed by atoms with Gasteiger partial charge in [-0.1, -0.05) is 79.9 Å². The van der Waals surface area contributed by atoms with E-state index in [0.29, 0.717) is 24.2 Å². The zero-order chi connectivity index (χ0) is 20.2. The predicted octanol–water partition coefficient (Wildman–Crippen LogP) is 4.09. The van der Waals surface area contributed by atoms with Gasteiger partial charge < -0.3 is 10.6 Å². The Morgan fingerprint density at radius 1 is 0.857 bits per heavy atom. The van der Waals surface area contributed by atoms with Crippen molar-refractivity contribution < 1.29 is 9.59 Å². The molecule has 0 saturated heterocycles. The molecule has 2 rings (SSSR count). The van der Waals surface area contributed by atoms with Gasteiger partial charge in [0.25, 0.3) is 11.8 Å². The SMILES string of the molecule is C=C/C=C\C=C(/C=C)C(=O)NCc1cccc(CNC(=O)c2ccccc2)c1. The molecular weight excluding hydrogens is 348 g/mol. The highest BCUT2D eigenvalue weighted by Crippen LogP contribution is 2.07. The van der Waals surface area contributed by atoms with E-state index in [1.807, 2.05) is 42.5 Å². The summed E-state index contributed by atoms with van der Waals surface area (Å²) in [6.45, 7) is 8.05. The van der Waals surface area contributed by atoms with Crippen LogP contribution in [-0.4, -0.2) is 11.8 Å². The van der Waals surface area contributed by atoms with E-state index in [9.17, 15) is 9.59 Å². The number of allylic oxidation sites excluding steroid dienone is 4. The Bertz CT molecular complexity index is 896. The van der Waals surface area contributed by atoms with Gasteiger partial charge in [0.1, 0.15) is 0 Å². The fourth-order valence-corrected chi connectivity index (χ4v) is 2.48. The third kappa shape index (κ3) is 6.57. The topological polar surface area (TPSA) is 58.2 Å². The first-order chi connectivity index (χ1) is 13.6. The summed E-state index contributed by atoms with van der Waals surface area (Å²) >= 11 is 0. The van der Waals surface area contributed by atoms with Gasteiger partial charge in [0.15, 0.2) is 0 Å². The first kappa shape index (κ1) is 20.6. The van der Waals surface area contributed by atoms with Crippen LogP contribution in [0.25, 0.3) is 0 Å². The van der Waals surface area contributed by atoms with E-state index < -0.39 is 0 Å². The molecule has 0 aliphatic heterocycles. The van der Waals surface area contributed by atoms with E-state index in [1.165, 1.54) is 6.08 Å². The third-order valence-corrected chi connectivity index (χ3v) is 3.94. The molecule has 0 aliphatic rings. The first-order valence-electron chi connectivity index (χ1n) is 8.95. The lowest BCUT2D eigenvalue weighted by Crippen LogP contribution is -2.24. The molecule has 0 fully saturated rings. The number of carbonyl (C=O) groups is 2. The summed E-state index contributed by atoms with van der Waals surface area (Å²) in [5, 5.41) is 5.77. The van der Waals surface area contributed by atoms with Gasteiger partial charge in [-0.25, -0.2) is 0 Å². The van der Waals surface area contributed by atoms with Gasteiger partial charge in [0.05, 0.1) is 0 Å². The average molecular weight is 372 g/mol. The molecule has 0 aromatic heterocycles. The standard InChI is InChI=1S/C24H24N2O2/c1-3-5-7-13-21(4-2)23(27)25-17-19-11-10-12-20(16-19)18-26-24(28)22-14-8-6-9-15-22/h3-16H,1-2,17-18H2,(H,25,27)(H,26,28)/b7-5-,21-13+. The Hall–Kier alpha value is -3.66. The molecule has 2 amide bonds. The molecular formula is C24H24N2O2. The Morgan fingerprint density at radius 2 is 1.54 bits per heavy atom. The summed E-state index contributed by atoms with van der Waals surface area (Å²) in [7, 11) is 0. The molecule has 0 radical (unpaired) electrons. The van der Waals surface area contributed by atoms with Gasteiger partial charge in [0, 0.05) is 24.2 Å². The van der Waals surface area contributed by atoms with Crippen molar-refractivity contribution in [3.63, 3.8) is 0 Å². The first-order valence-corrected chi connectivity index (χ1v) is 8.95. The predicted molar refractivity (Wildman–Crippen MR) is 114 cm³/mol. The molecule has 2 aromatic carbocycles. The van der Waals surface area contributed by atoms with Crippen molar-refractivity contribution in [3.05, 3.63) is 120 Å². The van der Waals surface area contributed by atoms with E-state index in [1.54, 1.807) is 36.4 Å². The maximum Gasteiger partial charge on any atom is 0.251 e. The van der Waals surface area contributed by atoms with Crippen LogP contribution in [0.15, 0.2) is 104 Å². The highest BCUT2D eigenvalue weighted by molar-refractivity contribution is 5.96. The molecule has 142 valence electrons. The molecule has 0 bridgehead atoms. The van der Waals surface area contributed by atoms with Crippen LogP contribution in [0.5, 0.6) is 0 Å². The van der Waals surface area contributed by atoms with Gasteiger partial charge in [0.2, 0.25) is 0 Å². The number of benzene rings is 2. The minimum Gasteiger partial charge on any atom is -0.348 e. The van der Waals surface area contributed by atoms with Crippen molar-refractivity contribution in [1.82, 2.24) is 10.6 Å². The highest BCUT2D eigenvalue weighted by atomic mass is 16.2. The van der Waals surface area contributed by atoms with Crippen molar-refractivity contribution in [2.75, 3.05) is 0 Å². The minimum absolute atomic E-state index is 0.118. The summed E-state index contributed by atoms with van der Waals surface area (Å²) in [6.07, 6.45) is 8.30. The summed E-state index contributed by atoms with van der Waals surface area (Å²) in [5.41, 5.74) is 3.01. The van der Waals surface area contributed by atoms with Gasteiger partial charge in [-0.2, -0.15) is 0 Å². The lowest BCUT2D eigenvalue weighted by molar-refractivity contribution is -0.117. The van der Waals surface area contributed by atoms with Crippen molar-refractivity contribution in [2.24, 2.45) is 0 Å². The number of nitrogens with one attached hydrogen (secondary N) is 2. The number of hydrogen-bond donors (Lipinski definition) is 2. The summed E-state index contributed by atoms with van der Waals surface area (Å²) in [4.78, 5) is 24.4. The largest absolute Gasteiger partial charge is 0.348 e. The maximum absolute atomic E-state index is 12.2. The van der Waals surface area contributed by atoms with E-state index >= 15 is 0 Å². The third-order valence-electron chi connectivity index (χ3n) is 3.94. The average Bonchev–Trinajstić information content (AvgIpc) is 2.74. The maximum atomic E-state index is 12.2. The van der Waals surface area contributed by atoms with E-state index in [-0.39, 0.29) is 11.8 Å². The summed E-state index contributed by atoms with van der Waals surface area (Å²) < 4.78 is 0. The zero-order valence-electron chi connectivity index (χ0n) is 15.7. The normalized spacial score (nSPS) is 11.1. The van der Waals surface area contributed by atoms with E-state index in [0.717, 1.165) is 11.1 Å². The monoisotopic (exact) mass is 372 g/mol. The van der Waals surface area contributed by atoms with E-state index in [2.05, 4.69) is 23.8 Å². The van der Waals surface area contributed by atoms with Crippen LogP contribution in [0, 0.1) is 0 Å². The minimum atomic E-state index is -0.202. The molecule has 0 aliphatic carbocycles. The zero-order valence-corrected chi connectivity index (χ0v) is 15.7. The fourth-order valence-electron chi connectivity index (χ4n) is 2.48. The highest BCUT2D eigenvalue weighted by Gasteiger charge is 2.06. The second-order valence-corrected chi connectivity index (χ2v) is 6.00. The Kier molecular flexibility index (Phi) is 8.21. The Morgan fingerprint density at radius 3 is 2.18 bits per heavy atom. The molecule has 2 N–H and O–H groups in total. The molecule has 0 heterocycles. The summed E-state index contributed by atoms with van der Waals surface area (Å²) in [6, 6.07) is 16.8. The quantitative estimate of drug-likeness (QED) is 0.515. The smallest absolute Gasteiger partial charge is 0.251 e. The molecule has 0 saturated carbocycles. The van der Waals surface area contributed by atoms with Crippen molar-refractivity contribution in [3.8, 4) is 0 Å². The second kappa shape index (κ2) is 11.1. The van der Waals surface area contributed by atoms with Gasteiger partial charge in [-0.15, -0.1) is 0 Å². The number of carbonyl (C=O) groups excluding carboxylic acids is 2. The Labute approximate surface area is 166 Å². The molecule has 2 aromatic rings. The van der Waals surface area contributed by atoms with Crippen LogP contribution in [0.2, 0.25) is 0 Å². The van der Waals surface area contributed by atoms with Crippen molar-refractivity contribution in [2.45, 2.75) is 13.1 Å². The van der Waals surface area contributed by atoms with Gasteiger partial charge >= 0.3 is 0 Å². The number of amides is 2. The molecule has 4 nitrogen and oxygen atoms in total. The number of rotatable bonds is 9. The fraction of sp³-hybridized carbons (Fsp3) is 0.0833. The van der Waals surface area contributed by atoms with Crippen LogP contribution in [0.3, 0.4) is 0 Å². The Balaban J connectivity index is 1.92. The second-order valence-electron chi connectivity index (χ2n) is 6.00. The molecule has 0 spiro atoms. The number of hydrogen-bond acceptors (Lipinski definition) is 2. The van der Waals surface area contributed by atoms with Crippen LogP contribution >= 0.6 is 0 Å². The van der Waals surface area contributed by atoms with Crippen LogP contribution < -0.4 is 10.6 Å². The van der Waals surface area contributed by atoms with E-state index in [4.69, 9.17) is 0 Å². The van der Waals surface area contributed by atoms with Crippen LogP contribution in [-0.2, 0) is 17.9 Å². The molecule has 0 unspecified atom stereocenters.